The van der Waals surface area contributed by atoms with Gasteiger partial charge in [0.15, 0.2) is 0 Å². The monoisotopic (exact) mass is 272 g/mol. The van der Waals surface area contributed by atoms with Crippen LogP contribution in [0.2, 0.25) is 0 Å². The number of amides is 2. The smallest absolute Gasteiger partial charge is 0.338 e. The van der Waals surface area contributed by atoms with Gasteiger partial charge in [-0.05, 0) is 24.3 Å². The first-order valence-corrected chi connectivity index (χ1v) is 6.37. The third kappa shape index (κ3) is 4.72. The Bertz CT molecular complexity index is 406. The number of hydrogen-bond acceptors (Lipinski definition) is 4. The second-order valence-electron chi connectivity index (χ2n) is 3.55. The van der Waals surface area contributed by atoms with Gasteiger partial charge in [0.25, 0.3) is 0 Å². The van der Waals surface area contributed by atoms with E-state index in [-0.39, 0.29) is 5.56 Å². The van der Waals surface area contributed by atoms with Crippen molar-refractivity contribution in [2.75, 3.05) is 25.6 Å². The van der Waals surface area contributed by atoms with Gasteiger partial charge in [-0.1, -0.05) is 0 Å². The van der Waals surface area contributed by atoms with Crippen molar-refractivity contribution in [2.24, 2.45) is 0 Å². The molecule has 0 aliphatic rings. The summed E-state index contributed by atoms with van der Waals surface area (Å²) in [6.45, 7) is 1.19. The number of carboxylic acids is 1. The second-order valence-corrected chi connectivity index (χ2v) is 4.47. The fourth-order valence-electron chi connectivity index (χ4n) is 1.30. The minimum absolute atomic E-state index is 0.106. The average Bonchev–Trinajstić information content (AvgIpc) is 2.77. The van der Waals surface area contributed by atoms with Gasteiger partial charge in [-0.25, -0.2) is 9.59 Å². The summed E-state index contributed by atoms with van der Waals surface area (Å²) in [5.41, 5.74) is 0.106. The standard InChI is InChI=1S/C11H16N2O4S/c1-17-6-3-2-5-12-11(16)13-9-8(10(14)15)4-7-18-9/h4,7H,2-3,5-6H2,1H3,(H,14,15)(H2,12,13,16). The van der Waals surface area contributed by atoms with E-state index in [2.05, 4.69) is 10.6 Å². The van der Waals surface area contributed by atoms with Crippen LogP contribution in [0.3, 0.4) is 0 Å². The maximum Gasteiger partial charge on any atom is 0.338 e. The van der Waals surface area contributed by atoms with Crippen LogP contribution in [-0.4, -0.2) is 37.4 Å². The van der Waals surface area contributed by atoms with Gasteiger partial charge in [-0.2, -0.15) is 0 Å². The molecule has 0 saturated carbocycles. The number of methoxy groups -OCH3 is 1. The number of rotatable bonds is 7. The molecule has 1 aromatic heterocycles. The zero-order valence-corrected chi connectivity index (χ0v) is 10.9. The molecule has 0 bridgehead atoms. The van der Waals surface area contributed by atoms with Crippen LogP contribution in [0.15, 0.2) is 11.4 Å². The Hall–Kier alpha value is -1.60. The maximum atomic E-state index is 11.5. The summed E-state index contributed by atoms with van der Waals surface area (Å²) in [7, 11) is 1.63. The Balaban J connectivity index is 2.31. The predicted octanol–water partition coefficient (Wildman–Crippen LogP) is 1.99. The van der Waals surface area contributed by atoms with Crippen LogP contribution in [0.5, 0.6) is 0 Å². The van der Waals surface area contributed by atoms with Gasteiger partial charge >= 0.3 is 12.0 Å². The van der Waals surface area contributed by atoms with Gasteiger partial charge in [-0.3, -0.25) is 5.32 Å². The molecule has 6 nitrogen and oxygen atoms in total. The molecule has 18 heavy (non-hydrogen) atoms. The molecule has 1 rings (SSSR count). The van der Waals surface area contributed by atoms with Crippen molar-refractivity contribution < 1.29 is 19.4 Å². The molecule has 0 radical (unpaired) electrons. The topological polar surface area (TPSA) is 87.7 Å². The number of urea groups is 1. The predicted molar refractivity (Wildman–Crippen MR) is 69.4 cm³/mol. The molecule has 0 aliphatic heterocycles. The first kappa shape index (κ1) is 14.5. The molecule has 0 aromatic carbocycles. The molecule has 1 aromatic rings. The number of thiophene rings is 1. The van der Waals surface area contributed by atoms with Crippen molar-refractivity contribution in [1.82, 2.24) is 5.32 Å². The van der Waals surface area contributed by atoms with E-state index in [4.69, 9.17) is 9.84 Å². The van der Waals surface area contributed by atoms with E-state index in [1.165, 1.54) is 17.4 Å². The number of aromatic carboxylic acids is 1. The van der Waals surface area contributed by atoms with Crippen LogP contribution in [0.1, 0.15) is 23.2 Å². The van der Waals surface area contributed by atoms with E-state index in [9.17, 15) is 9.59 Å². The Morgan fingerprint density at radius 3 is 2.89 bits per heavy atom. The Labute approximate surface area is 109 Å². The van der Waals surface area contributed by atoms with Crippen molar-refractivity contribution in [1.29, 1.82) is 0 Å². The number of ether oxygens (including phenoxy) is 1. The van der Waals surface area contributed by atoms with Gasteiger partial charge in [0, 0.05) is 20.3 Å². The molecule has 1 heterocycles. The third-order valence-electron chi connectivity index (χ3n) is 2.18. The molecule has 0 spiro atoms. The first-order chi connectivity index (χ1) is 8.65. The molecular weight excluding hydrogens is 256 g/mol. The van der Waals surface area contributed by atoms with Crippen molar-refractivity contribution in [3.05, 3.63) is 17.0 Å². The van der Waals surface area contributed by atoms with Gasteiger partial charge in [0.2, 0.25) is 0 Å². The van der Waals surface area contributed by atoms with Crippen LogP contribution < -0.4 is 10.6 Å². The van der Waals surface area contributed by atoms with Crippen molar-refractivity contribution >= 4 is 28.3 Å². The normalized spacial score (nSPS) is 10.1. The molecule has 0 aliphatic carbocycles. The summed E-state index contributed by atoms with van der Waals surface area (Å²) >= 11 is 1.18. The minimum Gasteiger partial charge on any atom is -0.478 e. The number of nitrogens with one attached hydrogen (secondary N) is 2. The summed E-state index contributed by atoms with van der Waals surface area (Å²) < 4.78 is 4.88. The molecule has 100 valence electrons. The SMILES string of the molecule is COCCCCNC(=O)Nc1sccc1C(=O)O. The van der Waals surface area contributed by atoms with Crippen LogP contribution in [0.4, 0.5) is 9.80 Å². The number of carbonyl (C=O) groups is 2. The largest absolute Gasteiger partial charge is 0.478 e. The average molecular weight is 272 g/mol. The van der Waals surface area contributed by atoms with Crippen molar-refractivity contribution in [3.63, 3.8) is 0 Å². The van der Waals surface area contributed by atoms with Gasteiger partial charge in [-0.15, -0.1) is 11.3 Å². The Morgan fingerprint density at radius 1 is 1.44 bits per heavy atom. The molecule has 3 N–H and O–H groups in total. The van der Waals surface area contributed by atoms with Crippen molar-refractivity contribution in [2.45, 2.75) is 12.8 Å². The molecule has 0 unspecified atom stereocenters. The molecule has 0 saturated heterocycles. The number of carboxylic acid groups (broad SMARTS) is 1. The summed E-state index contributed by atoms with van der Waals surface area (Å²) in [6.07, 6.45) is 1.69. The fourth-order valence-corrected chi connectivity index (χ4v) is 2.07. The Kier molecular flexibility index (Phi) is 6.16. The second kappa shape index (κ2) is 7.67. The summed E-state index contributed by atoms with van der Waals surface area (Å²) in [6, 6.07) is 1.07. The number of hydrogen-bond donors (Lipinski definition) is 3. The van der Waals surface area contributed by atoms with Crippen LogP contribution in [0.25, 0.3) is 0 Å². The van der Waals surface area contributed by atoms with Gasteiger partial charge in [0.05, 0.1) is 5.56 Å². The molecular formula is C11H16N2O4S. The van der Waals surface area contributed by atoms with Crippen molar-refractivity contribution in [3.8, 4) is 0 Å². The zero-order valence-electron chi connectivity index (χ0n) is 10.1. The van der Waals surface area contributed by atoms with E-state index in [0.717, 1.165) is 12.8 Å². The van der Waals surface area contributed by atoms with E-state index in [0.29, 0.717) is 18.2 Å². The molecule has 7 heteroatoms. The highest BCUT2D eigenvalue weighted by Gasteiger charge is 2.13. The number of unbranched alkanes of at least 4 members (excludes halogenated alkanes) is 1. The third-order valence-corrected chi connectivity index (χ3v) is 3.01. The van der Waals surface area contributed by atoms with Gasteiger partial charge in [0.1, 0.15) is 5.00 Å². The summed E-state index contributed by atoms with van der Waals surface area (Å²) in [4.78, 5) is 22.3. The van der Waals surface area contributed by atoms with E-state index < -0.39 is 12.0 Å². The lowest BCUT2D eigenvalue weighted by molar-refractivity contribution is 0.0698. The number of carbonyl (C=O) groups excluding carboxylic acids is 1. The zero-order chi connectivity index (χ0) is 13.4. The lowest BCUT2D eigenvalue weighted by Crippen LogP contribution is -2.29. The lowest BCUT2D eigenvalue weighted by atomic mass is 10.3. The van der Waals surface area contributed by atoms with Crippen LogP contribution in [0, 0.1) is 0 Å². The highest BCUT2D eigenvalue weighted by atomic mass is 32.1. The molecule has 0 fully saturated rings. The van der Waals surface area contributed by atoms with E-state index >= 15 is 0 Å². The summed E-state index contributed by atoms with van der Waals surface area (Å²) in [5, 5.41) is 16.0. The molecule has 2 amide bonds. The minimum atomic E-state index is -1.05. The van der Waals surface area contributed by atoms with E-state index in [1.807, 2.05) is 0 Å². The van der Waals surface area contributed by atoms with E-state index in [1.54, 1.807) is 12.5 Å². The quantitative estimate of drug-likeness (QED) is 0.662. The lowest BCUT2D eigenvalue weighted by Gasteiger charge is -2.06. The highest BCUT2D eigenvalue weighted by molar-refractivity contribution is 7.14. The van der Waals surface area contributed by atoms with Crippen LogP contribution in [-0.2, 0) is 4.74 Å². The maximum absolute atomic E-state index is 11.5. The fraction of sp³-hybridized carbons (Fsp3) is 0.455. The summed E-state index contributed by atoms with van der Waals surface area (Å²) in [5.74, 6) is -1.05. The number of anilines is 1. The Morgan fingerprint density at radius 2 is 2.22 bits per heavy atom. The molecule has 0 atom stereocenters. The highest BCUT2D eigenvalue weighted by Crippen LogP contribution is 2.22. The first-order valence-electron chi connectivity index (χ1n) is 5.49. The van der Waals surface area contributed by atoms with Crippen LogP contribution >= 0.6 is 11.3 Å². The van der Waals surface area contributed by atoms with Gasteiger partial charge < -0.3 is 15.2 Å².